The van der Waals surface area contributed by atoms with Crippen LogP contribution >= 0.6 is 11.6 Å². The van der Waals surface area contributed by atoms with Gasteiger partial charge in [0.25, 0.3) is 5.91 Å². The van der Waals surface area contributed by atoms with Gasteiger partial charge in [-0.25, -0.2) is 4.79 Å². The molecule has 2 aliphatic heterocycles. The first-order valence-electron chi connectivity index (χ1n) is 10.4. The van der Waals surface area contributed by atoms with E-state index in [0.717, 1.165) is 0 Å². The number of hydrogen-bond donors (Lipinski definition) is 1. The van der Waals surface area contributed by atoms with Crippen molar-refractivity contribution < 1.29 is 23.9 Å². The molecule has 1 N–H and O–H groups in total. The summed E-state index contributed by atoms with van der Waals surface area (Å²) in [7, 11) is 1.54. The third-order valence-corrected chi connectivity index (χ3v) is 6.00. The van der Waals surface area contributed by atoms with Gasteiger partial charge in [0.2, 0.25) is 5.91 Å². The number of fused-ring (bicyclic) bond motifs is 2. The van der Waals surface area contributed by atoms with E-state index in [-0.39, 0.29) is 5.56 Å². The molecule has 2 atom stereocenters. The maximum absolute atomic E-state index is 13.9. The van der Waals surface area contributed by atoms with Crippen LogP contribution in [-0.4, -0.2) is 42.4 Å². The van der Waals surface area contributed by atoms with Crippen molar-refractivity contribution in [3.63, 3.8) is 0 Å². The molecule has 8 nitrogen and oxygen atoms in total. The van der Waals surface area contributed by atoms with E-state index in [1.54, 1.807) is 57.2 Å². The van der Waals surface area contributed by atoms with E-state index in [0.29, 0.717) is 22.0 Å². The van der Waals surface area contributed by atoms with Gasteiger partial charge in [-0.1, -0.05) is 23.7 Å². The topological polar surface area (TPSA) is 96.0 Å². The van der Waals surface area contributed by atoms with Gasteiger partial charge < -0.3 is 15.0 Å². The van der Waals surface area contributed by atoms with Gasteiger partial charge in [0.05, 0.1) is 5.69 Å². The van der Waals surface area contributed by atoms with Crippen LogP contribution < -0.4 is 15.1 Å². The fraction of sp³-hybridized carbons (Fsp3) is 0.333. The van der Waals surface area contributed by atoms with Gasteiger partial charge in [0, 0.05) is 35.8 Å². The number of nitrogens with one attached hydrogen (secondary N) is 1. The number of anilines is 2. The molecule has 0 radical (unpaired) electrons. The zero-order valence-corrected chi connectivity index (χ0v) is 19.7. The quantitative estimate of drug-likeness (QED) is 0.724. The molecule has 0 saturated carbocycles. The number of hydrogen-bond acceptors (Lipinski definition) is 5. The third-order valence-electron chi connectivity index (χ3n) is 5.77. The van der Waals surface area contributed by atoms with Crippen molar-refractivity contribution in [3.05, 3.63) is 58.6 Å². The molecule has 2 aliphatic rings. The van der Waals surface area contributed by atoms with Crippen molar-refractivity contribution in [2.24, 2.45) is 0 Å². The van der Waals surface area contributed by atoms with E-state index in [2.05, 4.69) is 5.32 Å². The lowest BCUT2D eigenvalue weighted by Crippen LogP contribution is -2.66. The highest BCUT2D eigenvalue weighted by atomic mass is 35.5. The number of ketones is 1. The third kappa shape index (κ3) is 3.45. The van der Waals surface area contributed by atoms with E-state index in [4.69, 9.17) is 16.3 Å². The second kappa shape index (κ2) is 7.59. The summed E-state index contributed by atoms with van der Waals surface area (Å²) in [6, 6.07) is 10.0. The summed E-state index contributed by atoms with van der Waals surface area (Å²) >= 11 is 6.28. The fourth-order valence-corrected chi connectivity index (χ4v) is 4.73. The van der Waals surface area contributed by atoms with Gasteiger partial charge in [0.1, 0.15) is 11.6 Å². The van der Waals surface area contributed by atoms with Crippen LogP contribution in [-0.2, 0) is 19.9 Å². The molecule has 4 rings (SSSR count). The van der Waals surface area contributed by atoms with E-state index in [9.17, 15) is 19.2 Å². The van der Waals surface area contributed by atoms with Crippen molar-refractivity contribution in [2.45, 2.75) is 44.9 Å². The van der Waals surface area contributed by atoms with Gasteiger partial charge >= 0.3 is 6.09 Å². The highest BCUT2D eigenvalue weighted by Crippen LogP contribution is 2.49. The number of carbonyl (C=O) groups is 4. The van der Waals surface area contributed by atoms with Gasteiger partial charge in [-0.05, 0) is 51.1 Å². The molecule has 0 aromatic heterocycles. The summed E-state index contributed by atoms with van der Waals surface area (Å²) in [5.74, 6) is -1.50. The lowest BCUT2D eigenvalue weighted by molar-refractivity contribution is -0.125. The predicted molar refractivity (Wildman–Crippen MR) is 124 cm³/mol. The standard InChI is InChI=1S/C24H24ClN3O5/c1-13(29)28-17-9-7-6-8-15(17)19(30)20(28)24(26-22(32)33-23(2,3)4)16-12-14(25)10-11-18(16)27(5)21(24)31/h6-12,20H,1-5H3,(H,26,32)/t20-,24+/m1/s1. The Kier molecular flexibility index (Phi) is 5.24. The number of Topliss-reactive ketones (excluding diaryl/α,β-unsaturated/α-hetero) is 1. The van der Waals surface area contributed by atoms with E-state index in [1.807, 2.05) is 0 Å². The fourth-order valence-electron chi connectivity index (χ4n) is 4.56. The van der Waals surface area contributed by atoms with E-state index >= 15 is 0 Å². The summed E-state index contributed by atoms with van der Waals surface area (Å²) in [4.78, 5) is 56.1. The molecule has 0 unspecified atom stereocenters. The summed E-state index contributed by atoms with van der Waals surface area (Å²) in [5.41, 5.74) is -1.37. The van der Waals surface area contributed by atoms with Crippen LogP contribution in [0, 0.1) is 0 Å². The molecule has 3 amide bonds. The molecule has 2 aromatic rings. The predicted octanol–water partition coefficient (Wildman–Crippen LogP) is 3.65. The molecule has 0 saturated heterocycles. The first-order chi connectivity index (χ1) is 15.4. The molecule has 2 heterocycles. The van der Waals surface area contributed by atoms with Crippen LogP contribution in [0.2, 0.25) is 5.02 Å². The molecule has 0 aliphatic carbocycles. The smallest absolute Gasteiger partial charge is 0.408 e. The van der Waals surface area contributed by atoms with Crippen LogP contribution in [0.15, 0.2) is 42.5 Å². The minimum absolute atomic E-state index is 0.286. The van der Waals surface area contributed by atoms with Crippen molar-refractivity contribution in [1.29, 1.82) is 0 Å². The first-order valence-corrected chi connectivity index (χ1v) is 10.8. The molecule has 9 heteroatoms. The minimum Gasteiger partial charge on any atom is -0.444 e. The number of likely N-dealkylation sites (N-methyl/N-ethyl adjacent to an activating group) is 1. The normalized spacial score (nSPS) is 21.7. The number of ether oxygens (including phenoxy) is 1. The number of benzene rings is 2. The number of para-hydroxylation sites is 1. The highest BCUT2D eigenvalue weighted by Gasteiger charge is 2.63. The molecular weight excluding hydrogens is 446 g/mol. The number of alkyl carbamates (subject to hydrolysis) is 1. The second-order valence-corrected chi connectivity index (χ2v) is 9.57. The van der Waals surface area contributed by atoms with Crippen LogP contribution in [0.4, 0.5) is 16.2 Å². The zero-order valence-electron chi connectivity index (χ0n) is 18.9. The molecule has 0 bridgehead atoms. The van der Waals surface area contributed by atoms with Crippen LogP contribution in [0.1, 0.15) is 43.6 Å². The van der Waals surface area contributed by atoms with Crippen molar-refractivity contribution >= 4 is 46.7 Å². The summed E-state index contributed by atoms with van der Waals surface area (Å²) in [6.45, 7) is 6.37. The lowest BCUT2D eigenvalue weighted by atomic mass is 9.81. The first kappa shape index (κ1) is 22.8. The van der Waals surface area contributed by atoms with Crippen LogP contribution in [0.5, 0.6) is 0 Å². The van der Waals surface area contributed by atoms with E-state index < -0.39 is 40.9 Å². The Balaban J connectivity index is 1.99. The number of carbonyl (C=O) groups excluding carboxylic acids is 4. The summed E-state index contributed by atoms with van der Waals surface area (Å²) in [6.07, 6.45) is -0.899. The molecule has 33 heavy (non-hydrogen) atoms. The largest absolute Gasteiger partial charge is 0.444 e. The maximum atomic E-state index is 13.9. The number of nitrogens with zero attached hydrogens (tertiary/aromatic N) is 2. The molecule has 2 aromatic carbocycles. The number of amides is 3. The molecule has 0 spiro atoms. The Morgan fingerprint density at radius 2 is 1.76 bits per heavy atom. The van der Waals surface area contributed by atoms with Gasteiger partial charge in [-0.3, -0.25) is 19.3 Å². The Bertz CT molecular complexity index is 1200. The van der Waals surface area contributed by atoms with Crippen LogP contribution in [0.25, 0.3) is 0 Å². The lowest BCUT2D eigenvalue weighted by Gasteiger charge is -2.38. The van der Waals surface area contributed by atoms with Crippen molar-refractivity contribution in [2.75, 3.05) is 16.8 Å². The molecule has 172 valence electrons. The van der Waals surface area contributed by atoms with Gasteiger partial charge in [-0.15, -0.1) is 0 Å². The second-order valence-electron chi connectivity index (χ2n) is 9.13. The SMILES string of the molecule is CC(=O)N1c2ccccc2C(=O)[C@@H]1[C@]1(NC(=O)OC(C)(C)C)C(=O)N(C)c2ccc(Cl)cc21. The number of rotatable bonds is 2. The monoisotopic (exact) mass is 469 g/mol. The van der Waals surface area contributed by atoms with Gasteiger partial charge in [0.15, 0.2) is 11.3 Å². The van der Waals surface area contributed by atoms with Crippen LogP contribution in [0.3, 0.4) is 0 Å². The van der Waals surface area contributed by atoms with Crippen molar-refractivity contribution in [1.82, 2.24) is 5.32 Å². The Labute approximate surface area is 196 Å². The van der Waals surface area contributed by atoms with Crippen molar-refractivity contribution in [3.8, 4) is 0 Å². The Hall–Kier alpha value is -3.39. The zero-order chi connectivity index (χ0) is 24.3. The average molecular weight is 470 g/mol. The van der Waals surface area contributed by atoms with E-state index in [1.165, 1.54) is 29.8 Å². The highest BCUT2D eigenvalue weighted by molar-refractivity contribution is 6.31. The molecule has 0 fully saturated rings. The Morgan fingerprint density at radius 1 is 1.09 bits per heavy atom. The number of halogens is 1. The summed E-state index contributed by atoms with van der Waals surface area (Å²) < 4.78 is 5.45. The minimum atomic E-state index is -1.95. The Morgan fingerprint density at radius 3 is 2.39 bits per heavy atom. The average Bonchev–Trinajstić information content (AvgIpc) is 3.12. The maximum Gasteiger partial charge on any atom is 0.408 e. The summed E-state index contributed by atoms with van der Waals surface area (Å²) in [5, 5.41) is 2.99. The van der Waals surface area contributed by atoms with Gasteiger partial charge in [-0.2, -0.15) is 0 Å². The molecular formula is C24H24ClN3O5.